The van der Waals surface area contributed by atoms with Crippen LogP contribution in [0.1, 0.15) is 20.8 Å². The van der Waals surface area contributed by atoms with Crippen molar-refractivity contribution >= 4 is 0 Å². The second-order valence-corrected chi connectivity index (χ2v) is 2.93. The molecular weight excluding hydrogens is 160 g/mol. The maximum Gasteiger partial charge on any atom is 0.181 e. The summed E-state index contributed by atoms with van der Waals surface area (Å²) in [6.07, 6.45) is -0.930. The van der Waals surface area contributed by atoms with Crippen molar-refractivity contribution in [2.45, 2.75) is 39.3 Å². The summed E-state index contributed by atoms with van der Waals surface area (Å²) < 4.78 is 10.3. The van der Waals surface area contributed by atoms with Crippen LogP contribution in [0.4, 0.5) is 0 Å². The maximum atomic E-state index is 8.79. The van der Waals surface area contributed by atoms with Gasteiger partial charge in [0.05, 0.1) is 25.4 Å². The van der Waals surface area contributed by atoms with Gasteiger partial charge in [-0.05, 0) is 20.8 Å². The molecule has 12 heavy (non-hydrogen) atoms. The van der Waals surface area contributed by atoms with Gasteiger partial charge in [0.2, 0.25) is 0 Å². The fourth-order valence-corrected chi connectivity index (χ4v) is 0.724. The van der Waals surface area contributed by atoms with E-state index in [0.29, 0.717) is 0 Å². The van der Waals surface area contributed by atoms with Gasteiger partial charge in [0, 0.05) is 0 Å². The molecule has 0 bridgehead atoms. The van der Waals surface area contributed by atoms with Gasteiger partial charge in [0.15, 0.2) is 6.29 Å². The van der Waals surface area contributed by atoms with Crippen LogP contribution in [0.25, 0.3) is 0 Å². The van der Waals surface area contributed by atoms with Crippen LogP contribution in [-0.4, -0.2) is 41.9 Å². The van der Waals surface area contributed by atoms with Crippen LogP contribution in [-0.2, 0) is 9.47 Å². The summed E-state index contributed by atoms with van der Waals surface area (Å²) in [6, 6.07) is 0. The predicted octanol–water partition coefficient (Wildman–Crippen LogP) is 0.127. The van der Waals surface area contributed by atoms with E-state index in [1.165, 1.54) is 0 Å². The number of ether oxygens (including phenoxy) is 2. The van der Waals surface area contributed by atoms with E-state index in [1.54, 1.807) is 6.92 Å². The summed E-state index contributed by atoms with van der Waals surface area (Å²) in [7, 11) is 0. The van der Waals surface area contributed by atoms with E-state index in [2.05, 4.69) is 0 Å². The van der Waals surface area contributed by atoms with E-state index in [1.807, 2.05) is 13.8 Å². The monoisotopic (exact) mass is 178 g/mol. The minimum Gasteiger partial charge on any atom is -0.394 e. The summed E-state index contributed by atoms with van der Waals surface area (Å²) in [4.78, 5) is 0. The molecule has 0 aromatic rings. The number of aliphatic hydroxyl groups excluding tert-OH is 2. The zero-order valence-corrected chi connectivity index (χ0v) is 7.86. The Labute approximate surface area is 73.1 Å². The second kappa shape index (κ2) is 6.37. The van der Waals surface area contributed by atoms with Gasteiger partial charge >= 0.3 is 0 Å². The van der Waals surface area contributed by atoms with Crippen molar-refractivity contribution in [3.8, 4) is 0 Å². The molecule has 2 atom stereocenters. The lowest BCUT2D eigenvalue weighted by Gasteiger charge is -2.21. The molecule has 4 heteroatoms. The average Bonchev–Trinajstić information content (AvgIpc) is 2.02. The first-order valence-corrected chi connectivity index (χ1v) is 4.12. The Morgan fingerprint density at radius 1 is 1.00 bits per heavy atom. The van der Waals surface area contributed by atoms with Crippen molar-refractivity contribution in [3.63, 3.8) is 0 Å². The summed E-state index contributed by atoms with van der Waals surface area (Å²) in [5.41, 5.74) is 0. The third-order valence-corrected chi connectivity index (χ3v) is 1.21. The third-order valence-electron chi connectivity index (χ3n) is 1.21. The Morgan fingerprint density at radius 2 is 1.58 bits per heavy atom. The maximum absolute atomic E-state index is 8.79. The van der Waals surface area contributed by atoms with E-state index < -0.39 is 6.29 Å². The van der Waals surface area contributed by atoms with Gasteiger partial charge in [-0.15, -0.1) is 0 Å². The fourth-order valence-electron chi connectivity index (χ4n) is 0.724. The Balaban J connectivity index is 3.66. The summed E-state index contributed by atoms with van der Waals surface area (Å²) >= 11 is 0. The van der Waals surface area contributed by atoms with E-state index in [4.69, 9.17) is 19.7 Å². The van der Waals surface area contributed by atoms with Crippen LogP contribution >= 0.6 is 0 Å². The SMILES string of the molecule is CC(C)OC(CO)OC(C)CO. The zero-order valence-electron chi connectivity index (χ0n) is 7.86. The van der Waals surface area contributed by atoms with Crippen molar-refractivity contribution in [3.05, 3.63) is 0 Å². The lowest BCUT2D eigenvalue weighted by atomic mass is 10.4. The highest BCUT2D eigenvalue weighted by Crippen LogP contribution is 2.02. The first kappa shape index (κ1) is 11.8. The van der Waals surface area contributed by atoms with Gasteiger partial charge in [0.25, 0.3) is 0 Å². The smallest absolute Gasteiger partial charge is 0.181 e. The van der Waals surface area contributed by atoms with Crippen molar-refractivity contribution in [2.24, 2.45) is 0 Å². The average molecular weight is 178 g/mol. The normalized spacial score (nSPS) is 16.5. The second-order valence-electron chi connectivity index (χ2n) is 2.93. The molecule has 0 aromatic heterocycles. The number of hydrogen-bond donors (Lipinski definition) is 2. The van der Waals surface area contributed by atoms with Crippen molar-refractivity contribution in [1.29, 1.82) is 0 Å². The molecule has 0 aliphatic rings. The van der Waals surface area contributed by atoms with Crippen LogP contribution in [0.3, 0.4) is 0 Å². The Bertz CT molecular complexity index is 105. The quantitative estimate of drug-likeness (QED) is 0.567. The molecule has 2 N–H and O–H groups in total. The van der Waals surface area contributed by atoms with Crippen molar-refractivity contribution < 1.29 is 19.7 Å². The van der Waals surface area contributed by atoms with Gasteiger partial charge in [-0.1, -0.05) is 0 Å². The van der Waals surface area contributed by atoms with Crippen molar-refractivity contribution in [2.75, 3.05) is 13.2 Å². The molecule has 0 rings (SSSR count). The third kappa shape index (κ3) is 5.49. The summed E-state index contributed by atoms with van der Waals surface area (Å²) in [5.74, 6) is 0. The first-order chi connectivity index (χ1) is 5.60. The number of aliphatic hydroxyl groups is 2. The molecule has 4 nitrogen and oxygen atoms in total. The molecule has 0 saturated heterocycles. The van der Waals surface area contributed by atoms with E-state index in [9.17, 15) is 0 Å². The Kier molecular flexibility index (Phi) is 6.28. The van der Waals surface area contributed by atoms with E-state index >= 15 is 0 Å². The van der Waals surface area contributed by atoms with Gasteiger partial charge < -0.3 is 19.7 Å². The minimum atomic E-state index is -0.632. The first-order valence-electron chi connectivity index (χ1n) is 4.12. The highest BCUT2D eigenvalue weighted by molar-refractivity contribution is 4.50. The Hall–Kier alpha value is -0.160. The lowest BCUT2D eigenvalue weighted by molar-refractivity contribution is -0.205. The highest BCUT2D eigenvalue weighted by atomic mass is 16.7. The van der Waals surface area contributed by atoms with Crippen LogP contribution in [0.2, 0.25) is 0 Å². The standard InChI is InChI=1S/C8H18O4/c1-6(2)11-8(5-10)12-7(3)4-9/h6-10H,4-5H2,1-3H3. The molecule has 0 fully saturated rings. The van der Waals surface area contributed by atoms with Gasteiger partial charge in [0.1, 0.15) is 0 Å². The van der Waals surface area contributed by atoms with E-state index in [0.717, 1.165) is 0 Å². The van der Waals surface area contributed by atoms with Crippen molar-refractivity contribution in [1.82, 2.24) is 0 Å². The number of rotatable bonds is 6. The van der Waals surface area contributed by atoms with E-state index in [-0.39, 0.29) is 25.4 Å². The molecule has 0 radical (unpaired) electrons. The topological polar surface area (TPSA) is 58.9 Å². The molecule has 2 unspecified atom stereocenters. The Morgan fingerprint density at radius 3 is 1.92 bits per heavy atom. The summed E-state index contributed by atoms with van der Waals surface area (Å²) in [5, 5.41) is 17.4. The molecule has 74 valence electrons. The fraction of sp³-hybridized carbons (Fsp3) is 1.00. The van der Waals surface area contributed by atoms with Crippen LogP contribution in [0.5, 0.6) is 0 Å². The minimum absolute atomic E-state index is 0.00745. The van der Waals surface area contributed by atoms with Gasteiger partial charge in [-0.2, -0.15) is 0 Å². The molecule has 0 aliphatic heterocycles. The zero-order chi connectivity index (χ0) is 9.56. The molecule has 0 aromatic carbocycles. The molecule has 0 heterocycles. The number of hydrogen-bond acceptors (Lipinski definition) is 4. The molecule has 0 aliphatic carbocycles. The van der Waals surface area contributed by atoms with Gasteiger partial charge in [-0.3, -0.25) is 0 Å². The van der Waals surface area contributed by atoms with Crippen LogP contribution in [0, 0.1) is 0 Å². The molecule has 0 amide bonds. The lowest BCUT2D eigenvalue weighted by Crippen LogP contribution is -2.30. The molecule has 0 spiro atoms. The largest absolute Gasteiger partial charge is 0.394 e. The molecule has 0 saturated carbocycles. The highest BCUT2D eigenvalue weighted by Gasteiger charge is 2.13. The van der Waals surface area contributed by atoms with Crippen LogP contribution in [0.15, 0.2) is 0 Å². The predicted molar refractivity (Wildman–Crippen MR) is 44.7 cm³/mol. The molecular formula is C8H18O4. The van der Waals surface area contributed by atoms with Crippen LogP contribution < -0.4 is 0 Å². The van der Waals surface area contributed by atoms with Gasteiger partial charge in [-0.25, -0.2) is 0 Å². The summed E-state index contributed by atoms with van der Waals surface area (Å²) in [6.45, 7) is 5.16.